The number of amides is 1. The SMILES string of the molecule is CC1(C)CC(=O)C2=C(C1)Nc1c(O)cccc1C(S(=O)(=O)CC(N)=O)C2c1ccc(OCc2ccccc2)cc1Cl. The fraction of sp³-hybridized carbons (Fsp3) is 0.290. The number of benzene rings is 3. The number of nitrogens with one attached hydrogen (secondary N) is 1. The summed E-state index contributed by atoms with van der Waals surface area (Å²) in [5.41, 5.74) is 7.47. The first-order valence-corrected chi connectivity index (χ1v) is 15.3. The molecule has 10 heteroatoms. The molecule has 214 valence electrons. The maximum atomic E-state index is 13.9. The summed E-state index contributed by atoms with van der Waals surface area (Å²) in [6.07, 6.45) is 0.613. The first-order valence-electron chi connectivity index (χ1n) is 13.2. The lowest BCUT2D eigenvalue weighted by molar-refractivity contribution is -0.118. The van der Waals surface area contributed by atoms with E-state index >= 15 is 0 Å². The molecule has 2 atom stereocenters. The number of ketones is 1. The summed E-state index contributed by atoms with van der Waals surface area (Å²) < 4.78 is 33.8. The number of carbonyl (C=O) groups is 2. The standard InChI is InChI=1S/C31H31ClN2O6S/c1-31(2)14-23-28(25(36)15-31)27(20-12-11-19(13-22(20)32)40-16-18-7-4-3-5-8-18)30(41(38,39)17-26(33)37)21-9-6-10-24(35)29(21)34-23/h3-13,27,30,34-35H,14-17H2,1-2H3,(H2,33,37). The molecule has 0 fully saturated rings. The topological polar surface area (TPSA) is 136 Å². The summed E-state index contributed by atoms with van der Waals surface area (Å²) >= 11 is 6.84. The average molecular weight is 595 g/mol. The maximum Gasteiger partial charge on any atom is 0.232 e. The summed E-state index contributed by atoms with van der Waals surface area (Å²) in [6, 6.07) is 19.0. The van der Waals surface area contributed by atoms with Gasteiger partial charge in [-0.05, 0) is 46.7 Å². The number of aromatic hydroxyl groups is 1. The van der Waals surface area contributed by atoms with Gasteiger partial charge in [0.25, 0.3) is 0 Å². The van der Waals surface area contributed by atoms with Crippen molar-refractivity contribution in [3.63, 3.8) is 0 Å². The normalized spacial score (nSPS) is 19.9. The third-order valence-corrected chi connectivity index (χ3v) is 9.79. The predicted octanol–water partition coefficient (Wildman–Crippen LogP) is 5.42. The molecule has 2 aliphatic rings. The van der Waals surface area contributed by atoms with E-state index < -0.39 is 38.1 Å². The number of hydrogen-bond acceptors (Lipinski definition) is 7. The zero-order valence-corrected chi connectivity index (χ0v) is 24.3. The highest BCUT2D eigenvalue weighted by Gasteiger charge is 2.48. The first kappa shape index (κ1) is 28.7. The number of anilines is 1. The van der Waals surface area contributed by atoms with Crippen molar-refractivity contribution in [2.24, 2.45) is 11.1 Å². The molecule has 4 N–H and O–H groups in total. The predicted molar refractivity (Wildman–Crippen MR) is 157 cm³/mol. The number of phenolic OH excluding ortho intramolecular Hbond substituents is 1. The smallest absolute Gasteiger partial charge is 0.232 e. The van der Waals surface area contributed by atoms with Gasteiger partial charge in [-0.25, -0.2) is 8.42 Å². The van der Waals surface area contributed by atoms with E-state index in [2.05, 4.69) is 5.32 Å². The highest BCUT2D eigenvalue weighted by molar-refractivity contribution is 7.92. The molecular formula is C31H31ClN2O6S. The molecule has 5 rings (SSSR count). The lowest BCUT2D eigenvalue weighted by Crippen LogP contribution is -2.34. The van der Waals surface area contributed by atoms with Gasteiger partial charge in [0.15, 0.2) is 15.6 Å². The average Bonchev–Trinajstić information content (AvgIpc) is 3.02. The lowest BCUT2D eigenvalue weighted by atomic mass is 9.71. The molecule has 0 radical (unpaired) electrons. The third-order valence-electron chi connectivity index (χ3n) is 7.48. The van der Waals surface area contributed by atoms with E-state index in [1.807, 2.05) is 44.2 Å². The van der Waals surface area contributed by atoms with Crippen molar-refractivity contribution in [2.45, 2.75) is 44.5 Å². The Morgan fingerprint density at radius 2 is 1.80 bits per heavy atom. The van der Waals surface area contributed by atoms with E-state index in [1.54, 1.807) is 24.3 Å². The molecule has 1 aliphatic carbocycles. The van der Waals surface area contributed by atoms with Gasteiger partial charge in [0.1, 0.15) is 29.1 Å². The van der Waals surface area contributed by atoms with Gasteiger partial charge in [-0.3, -0.25) is 9.59 Å². The Kier molecular flexibility index (Phi) is 7.61. The molecule has 8 nitrogen and oxygen atoms in total. The van der Waals surface area contributed by atoms with Crippen LogP contribution in [-0.2, 0) is 26.0 Å². The number of halogens is 1. The van der Waals surface area contributed by atoms with Gasteiger partial charge in [0.2, 0.25) is 5.91 Å². The number of fused-ring (bicyclic) bond motifs is 1. The minimum absolute atomic E-state index is 0.171. The highest BCUT2D eigenvalue weighted by Crippen LogP contribution is 2.55. The van der Waals surface area contributed by atoms with E-state index in [0.29, 0.717) is 30.0 Å². The van der Waals surface area contributed by atoms with E-state index in [1.165, 1.54) is 12.1 Å². The summed E-state index contributed by atoms with van der Waals surface area (Å²) in [6.45, 7) is 4.21. The van der Waals surface area contributed by atoms with Gasteiger partial charge in [-0.15, -0.1) is 0 Å². The molecule has 1 aliphatic heterocycles. The van der Waals surface area contributed by atoms with E-state index in [9.17, 15) is 23.1 Å². The van der Waals surface area contributed by atoms with Crippen LogP contribution in [0.2, 0.25) is 5.02 Å². The molecule has 0 saturated carbocycles. The molecular weight excluding hydrogens is 564 g/mol. The molecule has 3 aromatic carbocycles. The summed E-state index contributed by atoms with van der Waals surface area (Å²) in [5.74, 6) is -3.00. The molecule has 0 aromatic heterocycles. The van der Waals surface area contributed by atoms with Crippen LogP contribution in [-0.4, -0.2) is 31.0 Å². The molecule has 0 bridgehead atoms. The molecule has 3 aromatic rings. The Bertz CT molecular complexity index is 1670. The van der Waals surface area contributed by atoms with Crippen molar-refractivity contribution in [3.8, 4) is 11.5 Å². The van der Waals surface area contributed by atoms with Crippen LogP contribution in [0, 0.1) is 5.41 Å². The fourth-order valence-electron chi connectivity index (χ4n) is 5.82. The number of carbonyl (C=O) groups excluding carboxylic acids is 2. The Morgan fingerprint density at radius 1 is 1.07 bits per heavy atom. The molecule has 0 saturated heterocycles. The molecule has 41 heavy (non-hydrogen) atoms. The number of para-hydroxylation sites is 1. The van der Waals surface area contributed by atoms with Crippen molar-refractivity contribution < 1.29 is 27.9 Å². The fourth-order valence-corrected chi connectivity index (χ4v) is 7.96. The van der Waals surface area contributed by atoms with Crippen LogP contribution in [0.1, 0.15) is 54.5 Å². The van der Waals surface area contributed by atoms with Crippen LogP contribution in [0.3, 0.4) is 0 Å². The second-order valence-corrected chi connectivity index (χ2v) is 13.9. The number of hydrogen-bond donors (Lipinski definition) is 3. The Morgan fingerprint density at radius 3 is 2.49 bits per heavy atom. The van der Waals surface area contributed by atoms with Crippen molar-refractivity contribution in [1.82, 2.24) is 0 Å². The Balaban J connectivity index is 1.70. The van der Waals surface area contributed by atoms with E-state index in [4.69, 9.17) is 22.1 Å². The minimum Gasteiger partial charge on any atom is -0.506 e. The number of nitrogens with two attached hydrogens (primary N) is 1. The van der Waals surface area contributed by atoms with Gasteiger partial charge in [-0.1, -0.05) is 74.0 Å². The van der Waals surface area contributed by atoms with Crippen molar-refractivity contribution >= 4 is 38.8 Å². The highest BCUT2D eigenvalue weighted by atomic mass is 35.5. The van der Waals surface area contributed by atoms with Gasteiger partial charge in [0.05, 0.1) is 5.69 Å². The zero-order valence-electron chi connectivity index (χ0n) is 22.7. The van der Waals surface area contributed by atoms with Gasteiger partial charge >= 0.3 is 0 Å². The Hall–Kier alpha value is -3.82. The third kappa shape index (κ3) is 5.83. The van der Waals surface area contributed by atoms with Gasteiger partial charge in [-0.2, -0.15) is 0 Å². The number of allylic oxidation sites excluding steroid dienone is 2. The molecule has 1 heterocycles. The van der Waals surface area contributed by atoms with E-state index in [0.717, 1.165) is 5.56 Å². The largest absolute Gasteiger partial charge is 0.506 e. The molecule has 0 spiro atoms. The molecule has 1 amide bonds. The number of Topliss-reactive ketones (excluding diaryl/α,β-unsaturated/α-hetero) is 1. The van der Waals surface area contributed by atoms with Crippen molar-refractivity contribution in [1.29, 1.82) is 0 Å². The lowest BCUT2D eigenvalue weighted by Gasteiger charge is -2.36. The summed E-state index contributed by atoms with van der Waals surface area (Å²) in [7, 11) is -4.31. The van der Waals surface area contributed by atoms with Gasteiger partial charge in [0, 0.05) is 28.6 Å². The van der Waals surface area contributed by atoms with Crippen LogP contribution < -0.4 is 15.8 Å². The van der Waals surface area contributed by atoms with Crippen LogP contribution >= 0.6 is 11.6 Å². The number of ether oxygens (including phenoxy) is 1. The van der Waals surface area contributed by atoms with E-state index in [-0.39, 0.29) is 39.8 Å². The summed E-state index contributed by atoms with van der Waals surface area (Å²) in [5, 5.41) is 12.8. The minimum atomic E-state index is -4.31. The monoisotopic (exact) mass is 594 g/mol. The maximum absolute atomic E-state index is 13.9. The number of phenols is 1. The second kappa shape index (κ2) is 10.9. The zero-order chi connectivity index (χ0) is 29.5. The summed E-state index contributed by atoms with van der Waals surface area (Å²) in [4.78, 5) is 25.8. The Labute approximate surface area is 244 Å². The second-order valence-electron chi connectivity index (χ2n) is 11.3. The number of primary amides is 1. The van der Waals surface area contributed by atoms with Crippen molar-refractivity contribution in [2.75, 3.05) is 11.1 Å². The van der Waals surface area contributed by atoms with Crippen LogP contribution in [0.25, 0.3) is 0 Å². The quantitative estimate of drug-likeness (QED) is 0.311. The number of sulfone groups is 1. The van der Waals surface area contributed by atoms with Crippen LogP contribution in [0.4, 0.5) is 5.69 Å². The van der Waals surface area contributed by atoms with Gasteiger partial charge < -0.3 is 20.9 Å². The number of rotatable bonds is 7. The van der Waals surface area contributed by atoms with Crippen LogP contribution in [0.5, 0.6) is 11.5 Å². The first-order chi connectivity index (χ1) is 19.4. The molecule has 2 unspecified atom stereocenters. The van der Waals surface area contributed by atoms with Crippen molar-refractivity contribution in [3.05, 3.63) is 99.7 Å². The van der Waals surface area contributed by atoms with Crippen LogP contribution in [0.15, 0.2) is 78.0 Å².